The number of benzene rings is 1. The number of hydrogen-bond acceptors (Lipinski definition) is 2. The largest absolute Gasteiger partial charge is 0.358 e. The lowest BCUT2D eigenvalue weighted by atomic mass is 9.97. The van der Waals surface area contributed by atoms with E-state index in [2.05, 4.69) is 43.0 Å². The van der Waals surface area contributed by atoms with Crippen LogP contribution in [0.4, 0.5) is 0 Å². The van der Waals surface area contributed by atoms with Crippen LogP contribution in [0, 0.1) is 20.8 Å². The lowest BCUT2D eigenvalue weighted by molar-refractivity contribution is -0.134. The molecule has 2 aromatic heterocycles. The molecule has 1 aliphatic rings. The third-order valence-corrected chi connectivity index (χ3v) is 5.80. The number of fused-ring (bicyclic) bond motifs is 1. The minimum Gasteiger partial charge on any atom is -0.358 e. The smallest absolute Gasteiger partial charge is 0.227 e. The van der Waals surface area contributed by atoms with Gasteiger partial charge in [-0.3, -0.25) is 9.48 Å². The Hall–Kier alpha value is -2.56. The van der Waals surface area contributed by atoms with Crippen LogP contribution in [0.1, 0.15) is 53.4 Å². The van der Waals surface area contributed by atoms with Gasteiger partial charge in [0.25, 0.3) is 0 Å². The average Bonchev–Trinajstić information content (AvgIpc) is 3.20. The average molecular weight is 364 g/mol. The molecule has 0 unspecified atom stereocenters. The molecule has 3 heterocycles. The molecular weight excluding hydrogens is 336 g/mol. The SMILES string of the molecule is Cc1cc(C)c2[nH]c(C)c(CC(=O)N3CCCC[C@@H]3c3ccn(C)n3)c2c1. The fourth-order valence-electron chi connectivity index (χ4n) is 4.47. The zero-order valence-corrected chi connectivity index (χ0v) is 16.7. The zero-order chi connectivity index (χ0) is 19.1. The van der Waals surface area contributed by atoms with E-state index in [4.69, 9.17) is 0 Å². The topological polar surface area (TPSA) is 53.9 Å². The summed E-state index contributed by atoms with van der Waals surface area (Å²) >= 11 is 0. The van der Waals surface area contributed by atoms with E-state index in [1.165, 1.54) is 16.5 Å². The van der Waals surface area contributed by atoms with Gasteiger partial charge in [-0.25, -0.2) is 0 Å². The van der Waals surface area contributed by atoms with Crippen molar-refractivity contribution >= 4 is 16.8 Å². The molecular formula is C22H28N4O. The van der Waals surface area contributed by atoms with Gasteiger partial charge in [0.1, 0.15) is 0 Å². The van der Waals surface area contributed by atoms with Crippen LogP contribution in [0.3, 0.4) is 0 Å². The summed E-state index contributed by atoms with van der Waals surface area (Å²) in [5.74, 6) is 0.202. The van der Waals surface area contributed by atoms with E-state index in [0.717, 1.165) is 48.3 Å². The molecule has 1 aliphatic heterocycles. The number of aromatic nitrogens is 3. The number of H-pyrrole nitrogens is 1. The molecule has 3 aromatic rings. The summed E-state index contributed by atoms with van der Waals surface area (Å²) in [5, 5.41) is 5.76. The summed E-state index contributed by atoms with van der Waals surface area (Å²) in [7, 11) is 1.93. The van der Waals surface area contributed by atoms with Crippen molar-refractivity contribution in [2.24, 2.45) is 7.05 Å². The summed E-state index contributed by atoms with van der Waals surface area (Å²) in [6, 6.07) is 6.52. The van der Waals surface area contributed by atoms with E-state index in [1.807, 2.05) is 28.9 Å². The van der Waals surface area contributed by atoms with Crippen molar-refractivity contribution in [3.05, 3.63) is 52.5 Å². The fourth-order valence-corrected chi connectivity index (χ4v) is 4.47. The highest BCUT2D eigenvalue weighted by Gasteiger charge is 2.30. The van der Waals surface area contributed by atoms with E-state index in [-0.39, 0.29) is 11.9 Å². The molecule has 0 aliphatic carbocycles. The number of nitrogens with zero attached hydrogens (tertiary/aromatic N) is 3. The van der Waals surface area contributed by atoms with Crippen molar-refractivity contribution in [2.75, 3.05) is 6.54 Å². The van der Waals surface area contributed by atoms with Gasteiger partial charge in [-0.1, -0.05) is 11.6 Å². The summed E-state index contributed by atoms with van der Waals surface area (Å²) in [6.45, 7) is 7.13. The first-order valence-electron chi connectivity index (χ1n) is 9.81. The zero-order valence-electron chi connectivity index (χ0n) is 16.7. The fraction of sp³-hybridized carbons (Fsp3) is 0.455. The highest BCUT2D eigenvalue weighted by Crippen LogP contribution is 2.32. The lowest BCUT2D eigenvalue weighted by Crippen LogP contribution is -2.39. The highest BCUT2D eigenvalue weighted by molar-refractivity contribution is 5.92. The maximum Gasteiger partial charge on any atom is 0.227 e. The lowest BCUT2D eigenvalue weighted by Gasteiger charge is -2.35. The molecule has 0 saturated carbocycles. The Morgan fingerprint density at radius 1 is 1.26 bits per heavy atom. The number of carbonyl (C=O) groups excluding carboxylic acids is 1. The normalized spacial score (nSPS) is 17.6. The van der Waals surface area contributed by atoms with Gasteiger partial charge in [-0.15, -0.1) is 0 Å². The number of amides is 1. The molecule has 0 radical (unpaired) electrons. The van der Waals surface area contributed by atoms with E-state index in [0.29, 0.717) is 6.42 Å². The molecule has 5 nitrogen and oxygen atoms in total. The maximum atomic E-state index is 13.3. The van der Waals surface area contributed by atoms with E-state index in [9.17, 15) is 4.79 Å². The van der Waals surface area contributed by atoms with Gasteiger partial charge in [0.15, 0.2) is 0 Å². The minimum atomic E-state index is 0.0986. The number of aromatic amines is 1. The van der Waals surface area contributed by atoms with Crippen LogP contribution in [0.2, 0.25) is 0 Å². The quantitative estimate of drug-likeness (QED) is 0.760. The third-order valence-electron chi connectivity index (χ3n) is 5.80. The van der Waals surface area contributed by atoms with Crippen LogP contribution >= 0.6 is 0 Å². The summed E-state index contributed by atoms with van der Waals surface area (Å²) in [6.07, 6.45) is 5.61. The molecule has 1 fully saturated rings. The predicted molar refractivity (Wildman–Crippen MR) is 108 cm³/mol. The number of nitrogens with one attached hydrogen (secondary N) is 1. The highest BCUT2D eigenvalue weighted by atomic mass is 16.2. The first-order valence-corrected chi connectivity index (χ1v) is 9.81. The van der Waals surface area contributed by atoms with Crippen molar-refractivity contribution in [2.45, 2.75) is 52.5 Å². The van der Waals surface area contributed by atoms with Crippen molar-refractivity contribution in [1.29, 1.82) is 0 Å². The summed E-state index contributed by atoms with van der Waals surface area (Å²) in [4.78, 5) is 18.8. The Labute approximate surface area is 160 Å². The predicted octanol–water partition coefficient (Wildman–Crippen LogP) is 4.12. The van der Waals surface area contributed by atoms with Gasteiger partial charge in [0.2, 0.25) is 5.91 Å². The molecule has 27 heavy (non-hydrogen) atoms. The van der Waals surface area contributed by atoms with Gasteiger partial charge in [-0.2, -0.15) is 5.10 Å². The Morgan fingerprint density at radius 2 is 2.07 bits per heavy atom. The van der Waals surface area contributed by atoms with Crippen LogP contribution in [0.15, 0.2) is 24.4 Å². The maximum absolute atomic E-state index is 13.3. The molecule has 0 bridgehead atoms. The molecule has 0 spiro atoms. The second-order valence-electron chi connectivity index (χ2n) is 7.92. The number of carbonyl (C=O) groups is 1. The second kappa shape index (κ2) is 6.87. The minimum absolute atomic E-state index is 0.0986. The molecule has 142 valence electrons. The van der Waals surface area contributed by atoms with Crippen molar-refractivity contribution in [3.63, 3.8) is 0 Å². The summed E-state index contributed by atoms with van der Waals surface area (Å²) in [5.41, 5.74) is 6.85. The van der Waals surface area contributed by atoms with Crippen molar-refractivity contribution in [3.8, 4) is 0 Å². The van der Waals surface area contributed by atoms with Crippen molar-refractivity contribution < 1.29 is 4.79 Å². The van der Waals surface area contributed by atoms with Crippen LogP contribution in [-0.2, 0) is 18.3 Å². The third kappa shape index (κ3) is 3.27. The van der Waals surface area contributed by atoms with Crippen LogP contribution in [0.25, 0.3) is 10.9 Å². The Kier molecular flexibility index (Phi) is 4.54. The Balaban J connectivity index is 1.65. The van der Waals surface area contributed by atoms with Gasteiger partial charge in [0, 0.05) is 36.4 Å². The van der Waals surface area contributed by atoms with E-state index in [1.54, 1.807) is 0 Å². The van der Waals surface area contributed by atoms with Crippen LogP contribution in [0.5, 0.6) is 0 Å². The number of likely N-dealkylation sites (tertiary alicyclic amines) is 1. The first-order chi connectivity index (χ1) is 12.9. The molecule has 1 atom stereocenters. The molecule has 4 rings (SSSR count). The Bertz CT molecular complexity index is 997. The molecule has 1 N–H and O–H groups in total. The molecule has 1 saturated heterocycles. The van der Waals surface area contributed by atoms with Crippen LogP contribution in [-0.4, -0.2) is 32.1 Å². The van der Waals surface area contributed by atoms with Crippen LogP contribution < -0.4 is 0 Å². The summed E-state index contributed by atoms with van der Waals surface area (Å²) < 4.78 is 1.82. The first kappa shape index (κ1) is 17.8. The Morgan fingerprint density at radius 3 is 2.81 bits per heavy atom. The molecule has 5 heteroatoms. The number of hydrogen-bond donors (Lipinski definition) is 1. The van der Waals surface area contributed by atoms with E-state index >= 15 is 0 Å². The van der Waals surface area contributed by atoms with E-state index < -0.39 is 0 Å². The molecule has 1 aromatic carbocycles. The number of rotatable bonds is 3. The monoisotopic (exact) mass is 364 g/mol. The van der Waals surface area contributed by atoms with Gasteiger partial charge >= 0.3 is 0 Å². The molecule has 1 amide bonds. The number of aryl methyl sites for hydroxylation is 4. The second-order valence-corrected chi connectivity index (χ2v) is 7.92. The number of piperidine rings is 1. The van der Waals surface area contributed by atoms with Gasteiger partial charge < -0.3 is 9.88 Å². The van der Waals surface area contributed by atoms with Gasteiger partial charge in [0.05, 0.1) is 18.2 Å². The standard InChI is InChI=1S/C22H28N4O/c1-14-11-15(2)22-18(12-14)17(16(3)23-22)13-21(27)26-9-6-5-7-20(26)19-8-10-25(4)24-19/h8,10-12,20,23H,5-7,9,13H2,1-4H3/t20-/m1/s1. The van der Waals surface area contributed by atoms with Crippen molar-refractivity contribution in [1.82, 2.24) is 19.7 Å². The van der Waals surface area contributed by atoms with Gasteiger partial charge in [-0.05, 0) is 63.3 Å².